The first kappa shape index (κ1) is 20.4. The number of rotatable bonds is 5. The number of nitro groups is 1. The van der Waals surface area contributed by atoms with Gasteiger partial charge in [0, 0.05) is 35.6 Å². The number of fused-ring (bicyclic) bond motifs is 1. The number of nitro benzene ring substituents is 1. The number of nitrogens with zero attached hydrogens (tertiary/aromatic N) is 4. The number of hydrogen-bond donors (Lipinski definition) is 1. The number of hydrogen-bond acceptors (Lipinski definition) is 7. The maximum Gasteiger partial charge on any atom is 0.269 e. The molecule has 1 aliphatic carbocycles. The lowest BCUT2D eigenvalue weighted by atomic mass is 9.85. The number of benzene rings is 2. The van der Waals surface area contributed by atoms with E-state index in [1.807, 2.05) is 35.9 Å². The van der Waals surface area contributed by atoms with E-state index >= 15 is 0 Å². The minimum absolute atomic E-state index is 0.0702. The summed E-state index contributed by atoms with van der Waals surface area (Å²) in [7, 11) is 0. The van der Waals surface area contributed by atoms with Crippen LogP contribution in [0.4, 0.5) is 11.6 Å². The van der Waals surface area contributed by atoms with Crippen molar-refractivity contribution in [2.24, 2.45) is 0 Å². The smallest absolute Gasteiger partial charge is 0.269 e. The fourth-order valence-corrected chi connectivity index (χ4v) is 4.90. The number of thioether (sulfide) groups is 1. The molecule has 8 nitrogen and oxygen atoms in total. The predicted molar refractivity (Wildman–Crippen MR) is 122 cm³/mol. The first-order chi connectivity index (χ1) is 15.5. The van der Waals surface area contributed by atoms with E-state index < -0.39 is 4.92 Å². The Balaban J connectivity index is 1.45. The van der Waals surface area contributed by atoms with Crippen LogP contribution in [0.2, 0.25) is 0 Å². The van der Waals surface area contributed by atoms with Gasteiger partial charge in [0.25, 0.3) is 5.69 Å². The zero-order valence-electron chi connectivity index (χ0n) is 17.4. The second-order valence-electron chi connectivity index (χ2n) is 7.98. The highest BCUT2D eigenvalue weighted by atomic mass is 32.2. The summed E-state index contributed by atoms with van der Waals surface area (Å²) in [4.78, 5) is 28.0. The molecule has 1 N–H and O–H groups in total. The van der Waals surface area contributed by atoms with Crippen molar-refractivity contribution in [1.82, 2.24) is 14.8 Å². The number of nitrogens with one attached hydrogen (secondary N) is 1. The zero-order valence-corrected chi connectivity index (χ0v) is 18.3. The van der Waals surface area contributed by atoms with Gasteiger partial charge in [-0.3, -0.25) is 14.9 Å². The number of ketones is 1. The van der Waals surface area contributed by atoms with Crippen LogP contribution in [0.15, 0.2) is 65.0 Å². The van der Waals surface area contributed by atoms with Crippen molar-refractivity contribution in [3.05, 3.63) is 86.6 Å². The second kappa shape index (κ2) is 8.23. The normalized spacial score (nSPS) is 17.5. The number of anilines is 1. The molecule has 3 aromatic rings. The van der Waals surface area contributed by atoms with Gasteiger partial charge in [-0.15, -0.1) is 5.10 Å². The third kappa shape index (κ3) is 3.80. The number of carbonyl (C=O) groups is 1. The van der Waals surface area contributed by atoms with Crippen molar-refractivity contribution in [3.8, 4) is 0 Å². The number of allylic oxidation sites excluding steroid dienone is 2. The largest absolute Gasteiger partial charge is 0.328 e. The van der Waals surface area contributed by atoms with E-state index in [2.05, 4.69) is 10.3 Å². The minimum atomic E-state index is -0.408. The summed E-state index contributed by atoms with van der Waals surface area (Å²) in [5.41, 5.74) is 4.91. The van der Waals surface area contributed by atoms with E-state index in [4.69, 9.17) is 5.10 Å². The first-order valence-electron chi connectivity index (χ1n) is 10.4. The van der Waals surface area contributed by atoms with Gasteiger partial charge in [0.2, 0.25) is 11.1 Å². The highest BCUT2D eigenvalue weighted by Gasteiger charge is 2.36. The fourth-order valence-electron chi connectivity index (χ4n) is 4.12. The van der Waals surface area contributed by atoms with E-state index in [1.54, 1.807) is 12.1 Å². The van der Waals surface area contributed by atoms with Gasteiger partial charge in [-0.05, 0) is 30.9 Å². The number of aromatic nitrogens is 3. The molecule has 1 aliphatic heterocycles. The molecular formula is C23H21N5O3S. The topological polar surface area (TPSA) is 103 Å². The van der Waals surface area contributed by atoms with Crippen LogP contribution < -0.4 is 5.32 Å². The Morgan fingerprint density at radius 2 is 1.91 bits per heavy atom. The molecule has 2 aromatic carbocycles. The van der Waals surface area contributed by atoms with Crippen molar-refractivity contribution in [2.75, 3.05) is 5.32 Å². The van der Waals surface area contributed by atoms with Crippen LogP contribution >= 0.6 is 11.8 Å². The van der Waals surface area contributed by atoms with E-state index in [-0.39, 0.29) is 17.5 Å². The molecule has 32 heavy (non-hydrogen) atoms. The summed E-state index contributed by atoms with van der Waals surface area (Å²) >= 11 is 1.46. The number of aryl methyl sites for hydroxylation is 1. The predicted octanol–water partition coefficient (Wildman–Crippen LogP) is 4.81. The standard InChI is InChI=1S/C23H21N5O3S/c1-14-5-9-16(10-6-14)21-20-18(3-2-4-19(20)29)24-22-25-23(26-27(21)22)32-13-15-7-11-17(12-8-15)28(30)31/h5-12,21H,2-4,13H2,1H3,(H,24,25,26)/t21-/m0/s1. The van der Waals surface area contributed by atoms with E-state index in [9.17, 15) is 14.9 Å². The lowest BCUT2D eigenvalue weighted by Crippen LogP contribution is -2.31. The fraction of sp³-hybridized carbons (Fsp3) is 0.261. The SMILES string of the molecule is Cc1ccc([C@H]2C3=C(CCCC3=O)Nc3nc(SCc4ccc([N+](=O)[O-])cc4)nn32)cc1. The van der Waals surface area contributed by atoms with Gasteiger partial charge in [0.1, 0.15) is 6.04 Å². The maximum absolute atomic E-state index is 12.9. The molecule has 0 radical (unpaired) electrons. The third-order valence-corrected chi connectivity index (χ3v) is 6.67. The Kier molecular flexibility index (Phi) is 5.26. The Morgan fingerprint density at radius 3 is 2.62 bits per heavy atom. The lowest BCUT2D eigenvalue weighted by Gasteiger charge is -2.32. The minimum Gasteiger partial charge on any atom is -0.328 e. The highest BCUT2D eigenvalue weighted by molar-refractivity contribution is 7.98. The number of Topliss-reactive ketones (excluding diaryl/α,β-unsaturated/α-hetero) is 1. The van der Waals surface area contributed by atoms with Crippen molar-refractivity contribution >= 4 is 29.2 Å². The molecule has 0 unspecified atom stereocenters. The molecule has 0 fully saturated rings. The molecule has 9 heteroatoms. The van der Waals surface area contributed by atoms with Crippen LogP contribution in [0, 0.1) is 17.0 Å². The molecule has 5 rings (SSSR count). The molecule has 0 amide bonds. The van der Waals surface area contributed by atoms with Gasteiger partial charge in [-0.1, -0.05) is 53.7 Å². The van der Waals surface area contributed by atoms with Crippen LogP contribution in [0.25, 0.3) is 0 Å². The van der Waals surface area contributed by atoms with E-state index in [0.29, 0.717) is 23.3 Å². The molecular weight excluding hydrogens is 426 g/mol. The number of carbonyl (C=O) groups excluding carboxylic acids is 1. The van der Waals surface area contributed by atoms with Gasteiger partial charge in [-0.2, -0.15) is 4.98 Å². The molecule has 0 bridgehead atoms. The van der Waals surface area contributed by atoms with Gasteiger partial charge >= 0.3 is 0 Å². The summed E-state index contributed by atoms with van der Waals surface area (Å²) in [6, 6.07) is 14.4. The number of non-ortho nitro benzene ring substituents is 1. The summed E-state index contributed by atoms with van der Waals surface area (Å²) in [5.74, 6) is 1.38. The average Bonchev–Trinajstić information content (AvgIpc) is 3.20. The Bertz CT molecular complexity index is 1230. The van der Waals surface area contributed by atoms with Crippen LogP contribution in [0.5, 0.6) is 0 Å². The monoisotopic (exact) mass is 447 g/mol. The lowest BCUT2D eigenvalue weighted by molar-refractivity contribution is -0.384. The van der Waals surface area contributed by atoms with Gasteiger partial charge < -0.3 is 5.32 Å². The van der Waals surface area contributed by atoms with E-state index in [1.165, 1.54) is 23.9 Å². The molecule has 2 heterocycles. The molecule has 162 valence electrons. The Morgan fingerprint density at radius 1 is 1.16 bits per heavy atom. The van der Waals surface area contributed by atoms with E-state index in [0.717, 1.165) is 40.8 Å². The second-order valence-corrected chi connectivity index (χ2v) is 8.92. The van der Waals surface area contributed by atoms with Crippen LogP contribution in [0.1, 0.15) is 42.0 Å². The molecule has 0 saturated heterocycles. The third-order valence-electron chi connectivity index (χ3n) is 5.76. The van der Waals surface area contributed by atoms with Crippen LogP contribution in [-0.4, -0.2) is 25.5 Å². The highest BCUT2D eigenvalue weighted by Crippen LogP contribution is 2.40. The van der Waals surface area contributed by atoms with Gasteiger partial charge in [0.15, 0.2) is 5.78 Å². The molecule has 1 aromatic heterocycles. The molecule has 0 saturated carbocycles. The van der Waals surface area contributed by atoms with Crippen LogP contribution in [-0.2, 0) is 10.5 Å². The molecule has 0 spiro atoms. The molecule has 1 atom stereocenters. The quantitative estimate of drug-likeness (QED) is 0.340. The van der Waals surface area contributed by atoms with Gasteiger partial charge in [-0.25, -0.2) is 4.68 Å². The van der Waals surface area contributed by atoms with Crippen molar-refractivity contribution in [3.63, 3.8) is 0 Å². The van der Waals surface area contributed by atoms with Crippen molar-refractivity contribution < 1.29 is 9.72 Å². The summed E-state index contributed by atoms with van der Waals surface area (Å²) < 4.78 is 1.81. The Labute approximate surface area is 188 Å². The van der Waals surface area contributed by atoms with Crippen molar-refractivity contribution in [2.45, 2.75) is 43.1 Å². The van der Waals surface area contributed by atoms with Gasteiger partial charge in [0.05, 0.1) is 4.92 Å². The van der Waals surface area contributed by atoms with Crippen LogP contribution in [0.3, 0.4) is 0 Å². The maximum atomic E-state index is 12.9. The first-order valence-corrected chi connectivity index (χ1v) is 11.4. The van der Waals surface area contributed by atoms with Crippen molar-refractivity contribution in [1.29, 1.82) is 0 Å². The summed E-state index contributed by atoms with van der Waals surface area (Å²) in [6.07, 6.45) is 2.21. The summed E-state index contributed by atoms with van der Waals surface area (Å²) in [6.45, 7) is 2.04. The average molecular weight is 448 g/mol. The Hall–Kier alpha value is -3.46. The summed E-state index contributed by atoms with van der Waals surface area (Å²) in [5, 5.41) is 19.5. The molecule has 2 aliphatic rings. The zero-order chi connectivity index (χ0) is 22.2.